The minimum atomic E-state index is -0.272. The van der Waals surface area contributed by atoms with E-state index in [2.05, 4.69) is 13.5 Å². The second-order valence-electron chi connectivity index (χ2n) is 5.86. The van der Waals surface area contributed by atoms with E-state index >= 15 is 0 Å². The van der Waals surface area contributed by atoms with Crippen molar-refractivity contribution in [1.82, 2.24) is 0 Å². The van der Waals surface area contributed by atoms with E-state index in [0.29, 0.717) is 19.4 Å². The lowest BCUT2D eigenvalue weighted by Crippen LogP contribution is -2.28. The molecule has 1 aliphatic rings. The largest absolute Gasteiger partial charge is 0.460 e. The standard InChI is InChI=1S/C19H26O4/c1-4-9-17-19(22-14(3)20)12-18(23-17)16(5-2)21-13-15-10-7-6-8-11-15/h4,6-8,10-11,16-19H,1,5,9,12-13H2,2-3H3/t16-,17-,18-,19-/m1/s1. The summed E-state index contributed by atoms with van der Waals surface area (Å²) >= 11 is 0. The van der Waals surface area contributed by atoms with Crippen molar-refractivity contribution < 1.29 is 19.0 Å². The third-order valence-corrected chi connectivity index (χ3v) is 4.07. The minimum absolute atomic E-state index is 0.0110. The zero-order chi connectivity index (χ0) is 16.7. The predicted molar refractivity (Wildman–Crippen MR) is 89.0 cm³/mol. The van der Waals surface area contributed by atoms with Gasteiger partial charge in [0.1, 0.15) is 6.10 Å². The van der Waals surface area contributed by atoms with Gasteiger partial charge in [-0.1, -0.05) is 43.3 Å². The van der Waals surface area contributed by atoms with Crippen LogP contribution in [0.5, 0.6) is 0 Å². The first-order chi connectivity index (χ1) is 11.1. The third kappa shape index (κ3) is 5.19. The van der Waals surface area contributed by atoms with Crippen molar-refractivity contribution in [2.24, 2.45) is 0 Å². The molecule has 0 bridgehead atoms. The molecule has 1 aromatic rings. The number of esters is 1. The molecule has 2 rings (SSSR count). The number of hydrogen-bond acceptors (Lipinski definition) is 4. The Morgan fingerprint density at radius 1 is 1.43 bits per heavy atom. The molecule has 1 aliphatic heterocycles. The van der Waals surface area contributed by atoms with Crippen LogP contribution in [0, 0.1) is 0 Å². The van der Waals surface area contributed by atoms with Gasteiger partial charge in [-0.3, -0.25) is 4.79 Å². The number of ether oxygens (including phenoxy) is 3. The molecule has 4 atom stereocenters. The maximum absolute atomic E-state index is 11.3. The van der Waals surface area contributed by atoms with E-state index in [1.165, 1.54) is 6.92 Å². The molecule has 0 spiro atoms. The summed E-state index contributed by atoms with van der Waals surface area (Å²) in [4.78, 5) is 11.3. The molecule has 1 aromatic carbocycles. The fraction of sp³-hybridized carbons (Fsp3) is 0.526. The summed E-state index contributed by atoms with van der Waals surface area (Å²) < 4.78 is 17.5. The van der Waals surface area contributed by atoms with E-state index < -0.39 is 0 Å². The van der Waals surface area contributed by atoms with Gasteiger partial charge in [0.05, 0.1) is 24.9 Å². The van der Waals surface area contributed by atoms with Crippen LogP contribution in [-0.2, 0) is 25.6 Å². The fourth-order valence-electron chi connectivity index (χ4n) is 2.96. The summed E-state index contributed by atoms with van der Waals surface area (Å²) in [5.74, 6) is -0.272. The lowest BCUT2D eigenvalue weighted by Gasteiger charge is -2.22. The number of hydrogen-bond donors (Lipinski definition) is 0. The number of carbonyl (C=O) groups excluding carboxylic acids is 1. The van der Waals surface area contributed by atoms with E-state index in [0.717, 1.165) is 12.0 Å². The quantitative estimate of drug-likeness (QED) is 0.542. The van der Waals surface area contributed by atoms with Crippen molar-refractivity contribution in [1.29, 1.82) is 0 Å². The van der Waals surface area contributed by atoms with Gasteiger partial charge in [0, 0.05) is 13.3 Å². The highest BCUT2D eigenvalue weighted by Gasteiger charge is 2.40. The van der Waals surface area contributed by atoms with Gasteiger partial charge >= 0.3 is 5.97 Å². The third-order valence-electron chi connectivity index (χ3n) is 4.07. The summed E-state index contributed by atoms with van der Waals surface area (Å²) in [6.45, 7) is 7.83. The van der Waals surface area contributed by atoms with Crippen LogP contribution in [0.15, 0.2) is 43.0 Å². The number of carbonyl (C=O) groups is 1. The highest BCUT2D eigenvalue weighted by atomic mass is 16.6. The van der Waals surface area contributed by atoms with Crippen molar-refractivity contribution >= 4 is 5.97 Å². The topological polar surface area (TPSA) is 44.8 Å². The lowest BCUT2D eigenvalue weighted by atomic mass is 10.0. The van der Waals surface area contributed by atoms with Crippen molar-refractivity contribution in [3.05, 3.63) is 48.6 Å². The van der Waals surface area contributed by atoms with Crippen molar-refractivity contribution in [3.8, 4) is 0 Å². The van der Waals surface area contributed by atoms with Crippen molar-refractivity contribution in [2.75, 3.05) is 0 Å². The maximum Gasteiger partial charge on any atom is 0.302 e. The molecular weight excluding hydrogens is 292 g/mol. The first-order valence-electron chi connectivity index (χ1n) is 8.23. The van der Waals surface area contributed by atoms with E-state index in [9.17, 15) is 4.79 Å². The Labute approximate surface area is 138 Å². The Morgan fingerprint density at radius 3 is 2.78 bits per heavy atom. The first kappa shape index (κ1) is 17.7. The average molecular weight is 318 g/mol. The molecule has 1 fully saturated rings. The van der Waals surface area contributed by atoms with Crippen LogP contribution < -0.4 is 0 Å². The number of rotatable bonds is 8. The molecule has 1 heterocycles. The van der Waals surface area contributed by atoms with Crippen molar-refractivity contribution in [3.63, 3.8) is 0 Å². The molecule has 0 aliphatic carbocycles. The molecule has 4 heteroatoms. The average Bonchev–Trinajstić information content (AvgIpc) is 2.91. The van der Waals surface area contributed by atoms with E-state index in [1.54, 1.807) is 6.08 Å². The van der Waals surface area contributed by atoms with Gasteiger partial charge in [-0.05, 0) is 18.4 Å². The van der Waals surface area contributed by atoms with Gasteiger partial charge in [-0.2, -0.15) is 0 Å². The Balaban J connectivity index is 1.94. The Kier molecular flexibility index (Phi) is 6.81. The summed E-state index contributed by atoms with van der Waals surface area (Å²) in [7, 11) is 0. The Bertz CT molecular complexity index is 499. The SMILES string of the molecule is C=CC[C@H]1O[C@@H]([C@@H](CC)OCc2ccccc2)C[C@H]1OC(C)=O. The summed E-state index contributed by atoms with van der Waals surface area (Å²) in [6, 6.07) is 10.1. The minimum Gasteiger partial charge on any atom is -0.460 e. The fourth-order valence-corrected chi connectivity index (χ4v) is 2.96. The van der Waals surface area contributed by atoms with E-state index in [-0.39, 0.29) is 30.4 Å². The van der Waals surface area contributed by atoms with Crippen LogP contribution in [0.1, 0.15) is 38.7 Å². The van der Waals surface area contributed by atoms with Crippen LogP contribution >= 0.6 is 0 Å². The van der Waals surface area contributed by atoms with Gasteiger partial charge < -0.3 is 14.2 Å². The molecule has 1 saturated heterocycles. The maximum atomic E-state index is 11.3. The van der Waals surface area contributed by atoms with E-state index in [1.807, 2.05) is 30.3 Å². The molecule has 0 unspecified atom stereocenters. The van der Waals surface area contributed by atoms with Gasteiger partial charge in [0.15, 0.2) is 0 Å². The summed E-state index contributed by atoms with van der Waals surface area (Å²) in [5, 5.41) is 0. The summed E-state index contributed by atoms with van der Waals surface area (Å²) in [5.41, 5.74) is 1.14. The van der Waals surface area contributed by atoms with Crippen LogP contribution in [-0.4, -0.2) is 30.4 Å². The smallest absolute Gasteiger partial charge is 0.302 e. The zero-order valence-corrected chi connectivity index (χ0v) is 13.9. The molecule has 0 aromatic heterocycles. The second-order valence-corrected chi connectivity index (χ2v) is 5.86. The molecule has 0 amide bonds. The van der Waals surface area contributed by atoms with Crippen molar-refractivity contribution in [2.45, 2.75) is 64.1 Å². The van der Waals surface area contributed by atoms with Gasteiger partial charge in [-0.15, -0.1) is 6.58 Å². The highest BCUT2D eigenvalue weighted by molar-refractivity contribution is 5.66. The monoisotopic (exact) mass is 318 g/mol. The van der Waals surface area contributed by atoms with Gasteiger partial charge in [-0.25, -0.2) is 0 Å². The Hall–Kier alpha value is -1.65. The molecule has 4 nitrogen and oxygen atoms in total. The normalized spacial score (nSPS) is 25.0. The molecule has 126 valence electrons. The van der Waals surface area contributed by atoms with Crippen LogP contribution in [0.2, 0.25) is 0 Å². The first-order valence-corrected chi connectivity index (χ1v) is 8.23. The predicted octanol–water partition coefficient (Wildman–Crippen LogP) is 3.65. The van der Waals surface area contributed by atoms with Gasteiger partial charge in [0.2, 0.25) is 0 Å². The molecular formula is C19H26O4. The molecule has 0 N–H and O–H groups in total. The molecule has 23 heavy (non-hydrogen) atoms. The van der Waals surface area contributed by atoms with Crippen LogP contribution in [0.4, 0.5) is 0 Å². The van der Waals surface area contributed by atoms with Crippen LogP contribution in [0.25, 0.3) is 0 Å². The lowest BCUT2D eigenvalue weighted by molar-refractivity contribution is -0.149. The summed E-state index contributed by atoms with van der Waals surface area (Å²) in [6.07, 6.45) is 3.58. The Morgan fingerprint density at radius 2 is 2.17 bits per heavy atom. The zero-order valence-electron chi connectivity index (χ0n) is 13.9. The molecule has 0 saturated carbocycles. The molecule has 0 radical (unpaired) electrons. The highest BCUT2D eigenvalue weighted by Crippen LogP contribution is 2.30. The van der Waals surface area contributed by atoms with Gasteiger partial charge in [0.25, 0.3) is 0 Å². The number of benzene rings is 1. The second kappa shape index (κ2) is 8.85. The van der Waals surface area contributed by atoms with Crippen LogP contribution in [0.3, 0.4) is 0 Å². The van der Waals surface area contributed by atoms with E-state index in [4.69, 9.17) is 14.2 Å².